The smallest absolute Gasteiger partial charge is 0.269 e. The number of para-hydroxylation sites is 2. The number of methoxy groups -OCH3 is 1. The van der Waals surface area contributed by atoms with E-state index in [1.54, 1.807) is 36.5 Å². The fourth-order valence-electron chi connectivity index (χ4n) is 3.21. The van der Waals surface area contributed by atoms with Gasteiger partial charge in [0.2, 0.25) is 5.88 Å². The molecule has 1 aromatic carbocycles. The van der Waals surface area contributed by atoms with Crippen molar-refractivity contribution in [1.82, 2.24) is 14.7 Å². The first-order valence-electron chi connectivity index (χ1n) is 10.8. The van der Waals surface area contributed by atoms with Crippen LogP contribution in [0.3, 0.4) is 0 Å². The maximum absolute atomic E-state index is 13.4. The average molecular weight is 463 g/mol. The van der Waals surface area contributed by atoms with E-state index in [0.717, 1.165) is 5.56 Å². The SMILES string of the molecule is CCOCCCNC(=O)C(C#N)=Cc1c(Oc2ccccc2OC)nc2c(C)cccn2c1=O. The van der Waals surface area contributed by atoms with Gasteiger partial charge in [0, 0.05) is 26.0 Å². The third-order valence-electron chi connectivity index (χ3n) is 4.93. The Bertz CT molecular complexity index is 1310. The van der Waals surface area contributed by atoms with Crippen LogP contribution in [0.2, 0.25) is 0 Å². The number of hydrogen-bond acceptors (Lipinski definition) is 7. The molecule has 1 amide bonds. The number of carbonyl (C=O) groups is 1. The van der Waals surface area contributed by atoms with Crippen molar-refractivity contribution >= 4 is 17.6 Å². The van der Waals surface area contributed by atoms with Crippen molar-refractivity contribution in [2.24, 2.45) is 0 Å². The highest BCUT2D eigenvalue weighted by atomic mass is 16.5. The Morgan fingerprint density at radius 3 is 2.71 bits per heavy atom. The van der Waals surface area contributed by atoms with Crippen LogP contribution in [0.25, 0.3) is 11.7 Å². The van der Waals surface area contributed by atoms with Crippen molar-refractivity contribution in [3.05, 3.63) is 69.6 Å². The minimum atomic E-state index is -0.601. The number of rotatable bonds is 10. The van der Waals surface area contributed by atoms with E-state index in [9.17, 15) is 14.9 Å². The lowest BCUT2D eigenvalue weighted by atomic mass is 10.1. The summed E-state index contributed by atoms with van der Waals surface area (Å²) in [5.74, 6) is 0.136. The summed E-state index contributed by atoms with van der Waals surface area (Å²) in [5.41, 5.74) is 0.402. The molecule has 9 heteroatoms. The number of fused-ring (bicyclic) bond motifs is 1. The van der Waals surface area contributed by atoms with Gasteiger partial charge in [0.05, 0.1) is 7.11 Å². The molecule has 0 spiro atoms. The maximum atomic E-state index is 13.4. The van der Waals surface area contributed by atoms with E-state index in [1.807, 2.05) is 26.0 Å². The minimum Gasteiger partial charge on any atom is -0.493 e. The first-order valence-corrected chi connectivity index (χ1v) is 10.8. The van der Waals surface area contributed by atoms with Crippen LogP contribution in [0, 0.1) is 18.3 Å². The summed E-state index contributed by atoms with van der Waals surface area (Å²) in [6, 6.07) is 12.3. The Hall–Kier alpha value is -4.16. The fourth-order valence-corrected chi connectivity index (χ4v) is 3.21. The van der Waals surface area contributed by atoms with Crippen LogP contribution in [0.15, 0.2) is 53.0 Å². The Morgan fingerprint density at radius 1 is 1.24 bits per heavy atom. The number of benzene rings is 1. The lowest BCUT2D eigenvalue weighted by Gasteiger charge is -2.13. The number of nitrogens with zero attached hydrogens (tertiary/aromatic N) is 3. The highest BCUT2D eigenvalue weighted by molar-refractivity contribution is 6.01. The van der Waals surface area contributed by atoms with Gasteiger partial charge in [-0.3, -0.25) is 14.0 Å². The van der Waals surface area contributed by atoms with Gasteiger partial charge in [-0.1, -0.05) is 18.2 Å². The summed E-state index contributed by atoms with van der Waals surface area (Å²) in [4.78, 5) is 30.5. The molecule has 0 atom stereocenters. The first kappa shape index (κ1) is 24.5. The van der Waals surface area contributed by atoms with Crippen LogP contribution < -0.4 is 20.3 Å². The Balaban J connectivity index is 2.06. The number of carbonyl (C=O) groups excluding carboxylic acids is 1. The van der Waals surface area contributed by atoms with Gasteiger partial charge < -0.3 is 19.5 Å². The zero-order valence-electron chi connectivity index (χ0n) is 19.3. The van der Waals surface area contributed by atoms with Crippen LogP contribution in [0.5, 0.6) is 17.4 Å². The summed E-state index contributed by atoms with van der Waals surface area (Å²) >= 11 is 0. The monoisotopic (exact) mass is 462 g/mol. The molecule has 0 aliphatic heterocycles. The predicted octanol–water partition coefficient (Wildman–Crippen LogP) is 3.25. The molecule has 2 aromatic heterocycles. The zero-order valence-corrected chi connectivity index (χ0v) is 19.3. The second kappa shape index (κ2) is 11.6. The van der Waals surface area contributed by atoms with Crippen molar-refractivity contribution in [3.8, 4) is 23.4 Å². The molecule has 0 saturated heterocycles. The van der Waals surface area contributed by atoms with Gasteiger partial charge in [-0.25, -0.2) is 0 Å². The van der Waals surface area contributed by atoms with E-state index in [1.165, 1.54) is 17.6 Å². The van der Waals surface area contributed by atoms with Crippen LogP contribution in [-0.4, -0.2) is 42.2 Å². The first-order chi connectivity index (χ1) is 16.5. The molecular formula is C25H26N4O5. The summed E-state index contributed by atoms with van der Waals surface area (Å²) in [6.45, 7) is 5.12. The summed E-state index contributed by atoms with van der Waals surface area (Å²) in [6.07, 6.45) is 3.37. The highest BCUT2D eigenvalue weighted by Crippen LogP contribution is 2.32. The molecule has 0 bridgehead atoms. The number of pyridine rings is 1. The van der Waals surface area contributed by atoms with E-state index in [-0.39, 0.29) is 17.0 Å². The molecule has 34 heavy (non-hydrogen) atoms. The fraction of sp³-hybridized carbons (Fsp3) is 0.280. The lowest BCUT2D eigenvalue weighted by Crippen LogP contribution is -2.27. The molecule has 0 fully saturated rings. The van der Waals surface area contributed by atoms with Crippen molar-refractivity contribution in [1.29, 1.82) is 5.26 Å². The van der Waals surface area contributed by atoms with Gasteiger partial charge in [0.15, 0.2) is 11.5 Å². The van der Waals surface area contributed by atoms with Gasteiger partial charge in [0.1, 0.15) is 22.9 Å². The van der Waals surface area contributed by atoms with Gasteiger partial charge >= 0.3 is 0 Å². The Labute approximate surface area is 197 Å². The van der Waals surface area contributed by atoms with E-state index >= 15 is 0 Å². The third-order valence-corrected chi connectivity index (χ3v) is 4.93. The molecule has 1 N–H and O–H groups in total. The Kier molecular flexibility index (Phi) is 8.37. The van der Waals surface area contributed by atoms with Gasteiger partial charge in [0.25, 0.3) is 11.5 Å². The van der Waals surface area contributed by atoms with E-state index in [4.69, 9.17) is 14.2 Å². The summed E-state index contributed by atoms with van der Waals surface area (Å²) < 4.78 is 17.9. The van der Waals surface area contributed by atoms with Gasteiger partial charge in [-0.05, 0) is 50.1 Å². The second-order valence-electron chi connectivity index (χ2n) is 7.25. The van der Waals surface area contributed by atoms with Crippen molar-refractivity contribution in [3.63, 3.8) is 0 Å². The van der Waals surface area contributed by atoms with Crippen LogP contribution in [-0.2, 0) is 9.53 Å². The second-order valence-corrected chi connectivity index (χ2v) is 7.25. The highest BCUT2D eigenvalue weighted by Gasteiger charge is 2.19. The quantitative estimate of drug-likeness (QED) is 0.279. The number of aryl methyl sites for hydroxylation is 1. The number of aromatic nitrogens is 2. The third kappa shape index (κ3) is 5.60. The molecular weight excluding hydrogens is 436 g/mol. The normalized spacial score (nSPS) is 11.2. The topological polar surface area (TPSA) is 115 Å². The van der Waals surface area contributed by atoms with Crippen LogP contribution in [0.1, 0.15) is 24.5 Å². The maximum Gasteiger partial charge on any atom is 0.269 e. The molecule has 0 aliphatic carbocycles. The molecule has 0 aliphatic rings. The predicted molar refractivity (Wildman–Crippen MR) is 127 cm³/mol. The number of nitrogens with one attached hydrogen (secondary N) is 1. The number of ether oxygens (including phenoxy) is 3. The molecule has 0 saturated carbocycles. The summed E-state index contributed by atoms with van der Waals surface area (Å²) in [5, 5.41) is 12.3. The van der Waals surface area contributed by atoms with Crippen LogP contribution >= 0.6 is 0 Å². The van der Waals surface area contributed by atoms with Crippen LogP contribution in [0.4, 0.5) is 0 Å². The number of hydrogen-bond donors (Lipinski definition) is 1. The van der Waals surface area contributed by atoms with Gasteiger partial charge in [-0.2, -0.15) is 10.2 Å². The molecule has 9 nitrogen and oxygen atoms in total. The van der Waals surface area contributed by atoms with E-state index in [0.29, 0.717) is 43.3 Å². The summed E-state index contributed by atoms with van der Waals surface area (Å²) in [7, 11) is 1.50. The number of amides is 1. The molecule has 3 rings (SSSR count). The standard InChI is InChI=1S/C25H26N4O5/c1-4-33-14-8-12-27-23(30)18(16-26)15-19-24(34-21-11-6-5-10-20(21)32-3)28-22-17(2)9-7-13-29(22)25(19)31/h5-7,9-11,13,15H,4,8,12,14H2,1-3H3,(H,27,30). The zero-order chi connectivity index (χ0) is 24.5. The molecule has 3 aromatic rings. The molecule has 2 heterocycles. The lowest BCUT2D eigenvalue weighted by molar-refractivity contribution is -0.117. The van der Waals surface area contributed by atoms with E-state index < -0.39 is 11.5 Å². The molecule has 0 unspecified atom stereocenters. The molecule has 0 radical (unpaired) electrons. The van der Waals surface area contributed by atoms with Gasteiger partial charge in [-0.15, -0.1) is 0 Å². The Morgan fingerprint density at radius 2 is 2.00 bits per heavy atom. The average Bonchev–Trinajstić information content (AvgIpc) is 2.84. The molecule has 176 valence electrons. The van der Waals surface area contributed by atoms with Crippen molar-refractivity contribution < 1.29 is 19.0 Å². The number of nitriles is 1. The van der Waals surface area contributed by atoms with Crippen molar-refractivity contribution in [2.75, 3.05) is 26.9 Å². The minimum absolute atomic E-state index is 0.0324. The van der Waals surface area contributed by atoms with E-state index in [2.05, 4.69) is 10.3 Å². The van der Waals surface area contributed by atoms with Crippen molar-refractivity contribution in [2.45, 2.75) is 20.3 Å². The largest absolute Gasteiger partial charge is 0.493 e.